The van der Waals surface area contributed by atoms with Gasteiger partial charge in [-0.05, 0) is 43.2 Å². The first-order valence-electron chi connectivity index (χ1n) is 6.57. The van der Waals surface area contributed by atoms with Crippen LogP contribution in [0.3, 0.4) is 0 Å². The smallest absolute Gasteiger partial charge is 0.135 e. The van der Waals surface area contributed by atoms with Gasteiger partial charge in [0.15, 0.2) is 0 Å². The third-order valence-electron chi connectivity index (χ3n) is 3.58. The maximum atomic E-state index is 12.9. The predicted octanol–water partition coefficient (Wildman–Crippen LogP) is 4.35. The maximum absolute atomic E-state index is 12.9. The van der Waals surface area contributed by atoms with Gasteiger partial charge in [-0.25, -0.2) is 9.37 Å². The lowest BCUT2D eigenvalue weighted by Gasteiger charge is -2.07. The zero-order valence-corrected chi connectivity index (χ0v) is 12.7. The highest BCUT2D eigenvalue weighted by atomic mass is 35.5. The van der Waals surface area contributed by atoms with Gasteiger partial charge in [0.25, 0.3) is 0 Å². The van der Waals surface area contributed by atoms with E-state index in [0.29, 0.717) is 6.54 Å². The van der Waals surface area contributed by atoms with Gasteiger partial charge in [0.05, 0.1) is 5.52 Å². The molecule has 0 spiro atoms. The predicted molar refractivity (Wildman–Crippen MR) is 86.5 cm³/mol. The number of hydrogen-bond donors (Lipinski definition) is 2. The fourth-order valence-corrected chi connectivity index (χ4v) is 2.35. The van der Waals surface area contributed by atoms with Crippen molar-refractivity contribution < 1.29 is 4.39 Å². The lowest BCUT2D eigenvalue weighted by molar-refractivity contribution is 0.627. The van der Waals surface area contributed by atoms with Crippen LogP contribution in [-0.2, 0) is 6.54 Å². The first-order valence-corrected chi connectivity index (χ1v) is 6.57. The average molecular weight is 306 g/mol. The SMILES string of the molecule is Cc1[nH]c2ccnc(NCc3ccc(F)cc3)c2c1C.Cl. The van der Waals surface area contributed by atoms with Crippen molar-refractivity contribution in [3.8, 4) is 0 Å². The Balaban J connectivity index is 0.00000161. The second-order valence-electron chi connectivity index (χ2n) is 4.94. The van der Waals surface area contributed by atoms with Gasteiger partial charge in [-0.2, -0.15) is 0 Å². The van der Waals surface area contributed by atoms with E-state index in [1.165, 1.54) is 17.7 Å². The molecule has 3 aromatic rings. The molecule has 0 atom stereocenters. The van der Waals surface area contributed by atoms with Crippen molar-refractivity contribution in [2.75, 3.05) is 5.32 Å². The van der Waals surface area contributed by atoms with Crippen molar-refractivity contribution in [3.63, 3.8) is 0 Å². The van der Waals surface area contributed by atoms with Gasteiger partial charge in [-0.15, -0.1) is 12.4 Å². The van der Waals surface area contributed by atoms with Crippen LogP contribution in [0.1, 0.15) is 16.8 Å². The molecular weight excluding hydrogens is 289 g/mol. The largest absolute Gasteiger partial charge is 0.365 e. The van der Waals surface area contributed by atoms with Gasteiger partial charge < -0.3 is 10.3 Å². The number of benzene rings is 1. The Labute approximate surface area is 129 Å². The molecule has 0 fully saturated rings. The van der Waals surface area contributed by atoms with Crippen molar-refractivity contribution in [1.29, 1.82) is 0 Å². The highest BCUT2D eigenvalue weighted by Crippen LogP contribution is 2.27. The fraction of sp³-hybridized carbons (Fsp3) is 0.188. The van der Waals surface area contributed by atoms with Gasteiger partial charge >= 0.3 is 0 Å². The molecule has 0 saturated heterocycles. The fourth-order valence-electron chi connectivity index (χ4n) is 2.35. The Morgan fingerprint density at radius 2 is 1.86 bits per heavy atom. The molecule has 2 N–H and O–H groups in total. The number of fused-ring (bicyclic) bond motifs is 1. The average Bonchev–Trinajstić information content (AvgIpc) is 2.74. The van der Waals surface area contributed by atoms with Crippen molar-refractivity contribution in [3.05, 3.63) is 59.2 Å². The number of aromatic nitrogens is 2. The van der Waals surface area contributed by atoms with E-state index < -0.39 is 0 Å². The summed E-state index contributed by atoms with van der Waals surface area (Å²) in [7, 11) is 0. The standard InChI is InChI=1S/C16H16FN3.ClH/c1-10-11(2)20-14-7-8-18-16(15(10)14)19-9-12-3-5-13(17)6-4-12;/h3-8,20H,9H2,1-2H3,(H,18,19);1H. The van der Waals surface area contributed by atoms with Gasteiger partial charge in [0.2, 0.25) is 0 Å². The molecule has 0 unspecified atom stereocenters. The van der Waals surface area contributed by atoms with Crippen LogP contribution in [0.4, 0.5) is 10.2 Å². The molecule has 2 heterocycles. The third kappa shape index (κ3) is 3.00. The number of aromatic amines is 1. The minimum absolute atomic E-state index is 0. The summed E-state index contributed by atoms with van der Waals surface area (Å²) in [4.78, 5) is 7.75. The zero-order chi connectivity index (χ0) is 14.1. The number of nitrogens with zero attached hydrogens (tertiary/aromatic N) is 1. The van der Waals surface area contributed by atoms with Crippen molar-refractivity contribution >= 4 is 29.1 Å². The molecular formula is C16H17ClFN3. The third-order valence-corrected chi connectivity index (χ3v) is 3.58. The van der Waals surface area contributed by atoms with Crippen molar-refractivity contribution in [2.24, 2.45) is 0 Å². The molecule has 3 rings (SSSR count). The lowest BCUT2D eigenvalue weighted by Crippen LogP contribution is -2.01. The number of halogens is 2. The molecule has 5 heteroatoms. The van der Waals surface area contributed by atoms with Crippen molar-refractivity contribution in [1.82, 2.24) is 9.97 Å². The first-order chi connectivity index (χ1) is 9.65. The summed E-state index contributed by atoms with van der Waals surface area (Å²) in [5, 5.41) is 4.44. The summed E-state index contributed by atoms with van der Waals surface area (Å²) in [6.07, 6.45) is 1.78. The van der Waals surface area contributed by atoms with Crippen LogP contribution in [0.25, 0.3) is 10.9 Å². The van der Waals surface area contributed by atoms with E-state index in [-0.39, 0.29) is 18.2 Å². The number of pyridine rings is 1. The summed E-state index contributed by atoms with van der Waals surface area (Å²) in [5.74, 6) is 0.639. The summed E-state index contributed by atoms with van der Waals surface area (Å²) >= 11 is 0. The van der Waals surface area contributed by atoms with E-state index in [1.54, 1.807) is 18.3 Å². The summed E-state index contributed by atoms with van der Waals surface area (Å²) < 4.78 is 12.9. The Bertz CT molecular complexity index is 750. The molecule has 21 heavy (non-hydrogen) atoms. The van der Waals surface area contributed by atoms with E-state index in [9.17, 15) is 4.39 Å². The molecule has 2 aromatic heterocycles. The topological polar surface area (TPSA) is 40.7 Å². The second-order valence-corrected chi connectivity index (χ2v) is 4.94. The minimum Gasteiger partial charge on any atom is -0.365 e. The molecule has 0 amide bonds. The van der Waals surface area contributed by atoms with Crippen LogP contribution in [0.2, 0.25) is 0 Å². The maximum Gasteiger partial charge on any atom is 0.135 e. The van der Waals surface area contributed by atoms with Crippen molar-refractivity contribution in [2.45, 2.75) is 20.4 Å². The summed E-state index contributed by atoms with van der Waals surface area (Å²) in [6.45, 7) is 4.76. The number of hydrogen-bond acceptors (Lipinski definition) is 2. The quantitative estimate of drug-likeness (QED) is 0.755. The molecule has 3 nitrogen and oxygen atoms in total. The second kappa shape index (κ2) is 6.14. The molecule has 0 bridgehead atoms. The van der Waals surface area contributed by atoms with E-state index >= 15 is 0 Å². The number of H-pyrrole nitrogens is 1. The van der Waals surface area contributed by atoms with E-state index in [0.717, 1.165) is 28.0 Å². The number of aryl methyl sites for hydroxylation is 2. The molecule has 0 radical (unpaired) electrons. The highest BCUT2D eigenvalue weighted by molar-refractivity contribution is 5.93. The number of nitrogens with one attached hydrogen (secondary N) is 2. The first kappa shape index (κ1) is 15.3. The highest BCUT2D eigenvalue weighted by Gasteiger charge is 2.09. The van der Waals surface area contributed by atoms with Crippen LogP contribution < -0.4 is 5.32 Å². The van der Waals surface area contributed by atoms with E-state index in [1.807, 2.05) is 6.07 Å². The molecule has 0 aliphatic heterocycles. The number of anilines is 1. The van der Waals surface area contributed by atoms with E-state index in [4.69, 9.17) is 0 Å². The minimum atomic E-state index is -0.217. The van der Waals surface area contributed by atoms with E-state index in [2.05, 4.69) is 29.1 Å². The van der Waals surface area contributed by atoms with Gasteiger partial charge in [-0.1, -0.05) is 12.1 Å². The Kier molecular flexibility index (Phi) is 4.48. The van der Waals surface area contributed by atoms with Gasteiger partial charge in [-0.3, -0.25) is 0 Å². The summed E-state index contributed by atoms with van der Waals surface area (Å²) in [6, 6.07) is 8.46. The monoisotopic (exact) mass is 305 g/mol. The lowest BCUT2D eigenvalue weighted by atomic mass is 10.1. The molecule has 0 aliphatic carbocycles. The normalized spacial score (nSPS) is 10.4. The Morgan fingerprint density at radius 1 is 1.14 bits per heavy atom. The van der Waals surface area contributed by atoms with Gasteiger partial charge in [0, 0.05) is 23.8 Å². The van der Waals surface area contributed by atoms with Crippen LogP contribution in [0, 0.1) is 19.7 Å². The molecule has 110 valence electrons. The number of rotatable bonds is 3. The Morgan fingerprint density at radius 3 is 2.57 bits per heavy atom. The van der Waals surface area contributed by atoms with Gasteiger partial charge in [0.1, 0.15) is 11.6 Å². The summed E-state index contributed by atoms with van der Waals surface area (Å²) in [5.41, 5.74) is 4.46. The zero-order valence-electron chi connectivity index (χ0n) is 11.9. The van der Waals surface area contributed by atoms with Crippen LogP contribution in [0.5, 0.6) is 0 Å². The van der Waals surface area contributed by atoms with Crippen LogP contribution >= 0.6 is 12.4 Å². The molecule has 0 aliphatic rings. The van der Waals surface area contributed by atoms with Crippen LogP contribution in [0.15, 0.2) is 36.5 Å². The van der Waals surface area contributed by atoms with Crippen LogP contribution in [-0.4, -0.2) is 9.97 Å². The Hall–Kier alpha value is -2.07. The molecule has 0 saturated carbocycles. The molecule has 1 aromatic carbocycles.